The zero-order valence-corrected chi connectivity index (χ0v) is 14.5. The van der Waals surface area contributed by atoms with Crippen LogP contribution >= 0.6 is 0 Å². The van der Waals surface area contributed by atoms with Gasteiger partial charge >= 0.3 is 0 Å². The zero-order chi connectivity index (χ0) is 18.0. The molecule has 6 unspecified atom stereocenters. The molecule has 0 amide bonds. The number of Topliss-reactive ketones (excluding diaryl/α,β-unsaturated/α-hetero) is 1. The first-order valence-electron chi connectivity index (χ1n) is 9.29. The molecule has 3 saturated carbocycles. The Bertz CT molecular complexity index is 680. The number of ketones is 2. The summed E-state index contributed by atoms with van der Waals surface area (Å²) < 4.78 is 0. The minimum Gasteiger partial charge on any atom is -0.393 e. The minimum atomic E-state index is -1.22. The molecule has 4 rings (SSSR count). The lowest BCUT2D eigenvalue weighted by atomic mass is 9.49. The number of carbonyl (C=O) groups excluding carboxylic acids is 2. The van der Waals surface area contributed by atoms with Crippen LogP contribution in [0.1, 0.15) is 39.0 Å². The predicted molar refractivity (Wildman–Crippen MR) is 90.4 cm³/mol. The van der Waals surface area contributed by atoms with Gasteiger partial charge in [0.25, 0.3) is 0 Å². The van der Waals surface area contributed by atoms with E-state index in [2.05, 4.69) is 6.92 Å². The van der Waals surface area contributed by atoms with Crippen molar-refractivity contribution in [3.63, 3.8) is 0 Å². The number of carbonyl (C=O) groups is 2. The molecule has 0 spiro atoms. The highest BCUT2D eigenvalue weighted by molar-refractivity contribution is 6.01. The average molecular weight is 346 g/mol. The molecule has 25 heavy (non-hydrogen) atoms. The summed E-state index contributed by atoms with van der Waals surface area (Å²) in [6.45, 7) is 1.52. The summed E-state index contributed by atoms with van der Waals surface area (Å²) in [4.78, 5) is 23.9. The predicted octanol–water partition coefficient (Wildman–Crippen LogP) is 1.17. The van der Waals surface area contributed by atoms with Gasteiger partial charge in [-0.2, -0.15) is 0 Å². The Morgan fingerprint density at radius 2 is 2.08 bits per heavy atom. The van der Waals surface area contributed by atoms with Crippen LogP contribution in [-0.2, 0) is 9.59 Å². The van der Waals surface area contributed by atoms with Gasteiger partial charge in [-0.05, 0) is 49.7 Å². The van der Waals surface area contributed by atoms with Gasteiger partial charge in [0.05, 0.1) is 11.7 Å². The smallest absolute Gasteiger partial charge is 0.178 e. The molecule has 0 aromatic rings. The van der Waals surface area contributed by atoms with Crippen LogP contribution < -0.4 is 0 Å². The second-order valence-electron chi connectivity index (χ2n) is 8.54. The maximum atomic E-state index is 12.1. The number of rotatable bonds is 2. The fraction of sp³-hybridized carbons (Fsp3) is 0.700. The van der Waals surface area contributed by atoms with E-state index in [1.165, 1.54) is 0 Å². The summed E-state index contributed by atoms with van der Waals surface area (Å²) in [5, 5.41) is 31.6. The van der Waals surface area contributed by atoms with Crippen LogP contribution in [0.5, 0.6) is 0 Å². The average Bonchev–Trinajstić information content (AvgIpc) is 2.91. The fourth-order valence-electron chi connectivity index (χ4n) is 6.48. The maximum absolute atomic E-state index is 12.1. The SMILES string of the molecule is CC12C=CC(=O)C=C1CCC1C2C(O)CC2(O)C1CC[C@@H]2C(=O)CO. The van der Waals surface area contributed by atoms with Crippen LogP contribution in [0.4, 0.5) is 0 Å². The molecule has 0 bridgehead atoms. The quantitative estimate of drug-likeness (QED) is 0.698. The van der Waals surface area contributed by atoms with E-state index in [1.54, 1.807) is 12.2 Å². The van der Waals surface area contributed by atoms with E-state index >= 15 is 0 Å². The van der Waals surface area contributed by atoms with Crippen LogP contribution in [0.15, 0.2) is 23.8 Å². The highest BCUT2D eigenvalue weighted by Crippen LogP contribution is 2.62. The van der Waals surface area contributed by atoms with Crippen LogP contribution in [-0.4, -0.2) is 45.2 Å². The Morgan fingerprint density at radius 1 is 1.32 bits per heavy atom. The molecular weight excluding hydrogens is 320 g/mol. The van der Waals surface area contributed by atoms with E-state index < -0.39 is 24.2 Å². The van der Waals surface area contributed by atoms with Gasteiger partial charge in [0.2, 0.25) is 0 Å². The third-order valence-electron chi connectivity index (χ3n) is 7.53. The Hall–Kier alpha value is -1.30. The minimum absolute atomic E-state index is 0.00204. The summed E-state index contributed by atoms with van der Waals surface area (Å²) in [7, 11) is 0. The highest BCUT2D eigenvalue weighted by Gasteiger charge is 2.63. The van der Waals surface area contributed by atoms with Crippen molar-refractivity contribution >= 4 is 11.6 Å². The number of hydrogen-bond donors (Lipinski definition) is 3. The summed E-state index contributed by atoms with van der Waals surface area (Å²) in [5.41, 5.74) is -0.505. The zero-order valence-electron chi connectivity index (χ0n) is 14.5. The molecular formula is C20H26O5. The van der Waals surface area contributed by atoms with Gasteiger partial charge in [0.15, 0.2) is 11.6 Å². The standard InChI is InChI=1S/C20H26O5/c1-19-7-6-12(22)8-11(19)2-3-13-14-4-5-15(17(24)10-21)20(14,25)9-16(23)18(13)19/h6-8,13-16,18,21,23,25H,2-5,9-10H2,1H3/t13?,14?,15-,16?,18?,19?,20?/m1/s1. The number of allylic oxidation sites excluding steroid dienone is 4. The number of fused-ring (bicyclic) bond motifs is 5. The van der Waals surface area contributed by atoms with E-state index in [9.17, 15) is 24.9 Å². The normalized spacial score (nSPS) is 48.4. The van der Waals surface area contributed by atoms with Crippen LogP contribution in [0.2, 0.25) is 0 Å². The first-order chi connectivity index (χ1) is 11.8. The van der Waals surface area contributed by atoms with Crippen molar-refractivity contribution in [3.05, 3.63) is 23.8 Å². The monoisotopic (exact) mass is 346 g/mol. The van der Waals surface area contributed by atoms with Crippen LogP contribution in [0, 0.1) is 29.1 Å². The third-order valence-corrected chi connectivity index (χ3v) is 7.53. The number of hydrogen-bond acceptors (Lipinski definition) is 5. The molecule has 0 aromatic carbocycles. The molecule has 0 heterocycles. The molecule has 3 fully saturated rings. The summed E-state index contributed by atoms with van der Waals surface area (Å²) >= 11 is 0. The van der Waals surface area contributed by atoms with Crippen molar-refractivity contribution in [1.29, 1.82) is 0 Å². The van der Waals surface area contributed by atoms with Crippen LogP contribution in [0.3, 0.4) is 0 Å². The number of aliphatic hydroxyl groups is 3. The molecule has 5 heteroatoms. The van der Waals surface area contributed by atoms with Crippen LogP contribution in [0.25, 0.3) is 0 Å². The summed E-state index contributed by atoms with van der Waals surface area (Å²) in [5.74, 6) is -0.865. The topological polar surface area (TPSA) is 94.8 Å². The molecule has 0 radical (unpaired) electrons. The number of aliphatic hydroxyl groups excluding tert-OH is 2. The van der Waals surface area contributed by atoms with E-state index in [1.807, 2.05) is 6.08 Å². The Labute approximate surface area is 147 Å². The van der Waals surface area contributed by atoms with Crippen molar-refractivity contribution in [2.75, 3.05) is 6.61 Å². The van der Waals surface area contributed by atoms with E-state index in [-0.39, 0.29) is 41.2 Å². The molecule has 0 saturated heterocycles. The summed E-state index contributed by atoms with van der Waals surface area (Å²) in [6, 6.07) is 0. The van der Waals surface area contributed by atoms with Gasteiger partial charge in [-0.25, -0.2) is 0 Å². The first kappa shape index (κ1) is 17.1. The fourth-order valence-corrected chi connectivity index (χ4v) is 6.48. The second-order valence-corrected chi connectivity index (χ2v) is 8.54. The van der Waals surface area contributed by atoms with Gasteiger partial charge in [0.1, 0.15) is 6.61 Å². The molecule has 136 valence electrons. The molecule has 7 atom stereocenters. The Morgan fingerprint density at radius 3 is 2.80 bits per heavy atom. The summed E-state index contributed by atoms with van der Waals surface area (Å²) in [6.07, 6.45) is 7.58. The Kier molecular flexibility index (Phi) is 3.84. The Balaban J connectivity index is 1.71. The van der Waals surface area contributed by atoms with Gasteiger partial charge in [-0.1, -0.05) is 18.6 Å². The molecule has 0 aliphatic heterocycles. The molecule has 4 aliphatic carbocycles. The highest BCUT2D eigenvalue weighted by atomic mass is 16.3. The lowest BCUT2D eigenvalue weighted by Crippen LogP contribution is -2.60. The van der Waals surface area contributed by atoms with Crippen molar-refractivity contribution in [1.82, 2.24) is 0 Å². The van der Waals surface area contributed by atoms with E-state index in [0.717, 1.165) is 24.8 Å². The molecule has 4 aliphatic rings. The van der Waals surface area contributed by atoms with Crippen molar-refractivity contribution < 1.29 is 24.9 Å². The van der Waals surface area contributed by atoms with Crippen molar-refractivity contribution in [3.8, 4) is 0 Å². The van der Waals surface area contributed by atoms with Gasteiger partial charge in [-0.3, -0.25) is 9.59 Å². The third kappa shape index (κ3) is 2.25. The van der Waals surface area contributed by atoms with E-state index in [0.29, 0.717) is 6.42 Å². The largest absolute Gasteiger partial charge is 0.393 e. The molecule has 5 nitrogen and oxygen atoms in total. The molecule has 0 aromatic heterocycles. The molecule has 3 N–H and O–H groups in total. The second kappa shape index (κ2) is 5.60. The van der Waals surface area contributed by atoms with Crippen molar-refractivity contribution in [2.45, 2.75) is 50.7 Å². The lowest BCUT2D eigenvalue weighted by Gasteiger charge is -2.57. The maximum Gasteiger partial charge on any atom is 0.178 e. The van der Waals surface area contributed by atoms with Crippen molar-refractivity contribution in [2.24, 2.45) is 29.1 Å². The van der Waals surface area contributed by atoms with Gasteiger partial charge < -0.3 is 15.3 Å². The first-order valence-corrected chi connectivity index (χ1v) is 9.29. The van der Waals surface area contributed by atoms with E-state index in [4.69, 9.17) is 0 Å². The lowest BCUT2D eigenvalue weighted by molar-refractivity contribution is -0.173. The van der Waals surface area contributed by atoms with Gasteiger partial charge in [0, 0.05) is 23.7 Å². The van der Waals surface area contributed by atoms with Gasteiger partial charge in [-0.15, -0.1) is 0 Å².